The molecule has 0 aromatic heterocycles. The van der Waals surface area contributed by atoms with Gasteiger partial charge in [0.15, 0.2) is 0 Å². The minimum Gasteiger partial charge on any atom is -0.263 e. The fourth-order valence-electron chi connectivity index (χ4n) is 3.35. The van der Waals surface area contributed by atoms with E-state index >= 15 is 0 Å². The molecule has 2 aromatic rings. The number of hydrogen-bond donors (Lipinski definition) is 1. The molecule has 0 bridgehead atoms. The maximum atomic E-state index is 12.9. The maximum absolute atomic E-state index is 12.9. The molecule has 0 fully saturated rings. The van der Waals surface area contributed by atoms with Crippen LogP contribution in [0.3, 0.4) is 0 Å². The highest BCUT2D eigenvalue weighted by Gasteiger charge is 2.35. The van der Waals surface area contributed by atoms with Crippen LogP contribution in [-0.4, -0.2) is 23.3 Å². The molecule has 2 heterocycles. The number of allylic oxidation sites excluding steroid dienone is 2. The number of quaternary nitrogens is 1. The summed E-state index contributed by atoms with van der Waals surface area (Å²) in [6.45, 7) is 0. The van der Waals surface area contributed by atoms with Crippen molar-refractivity contribution in [3.05, 3.63) is 87.1 Å². The molecule has 0 spiro atoms. The summed E-state index contributed by atoms with van der Waals surface area (Å²) < 4.78 is 1.18. The Balaban J connectivity index is 1.68. The number of halogens is 3. The molecule has 2 aliphatic rings. The van der Waals surface area contributed by atoms with Crippen LogP contribution in [0.15, 0.2) is 76.6 Å². The zero-order valence-electron chi connectivity index (χ0n) is 15.5. The molecular weight excluding hydrogens is 475 g/mol. The number of benzene rings is 2. The van der Waals surface area contributed by atoms with Crippen LogP contribution in [0.2, 0.25) is 10.0 Å². The molecule has 1 amide bonds. The van der Waals surface area contributed by atoms with Crippen molar-refractivity contribution in [2.45, 2.75) is 12.5 Å². The largest absolute Gasteiger partial charge is 0.312 e. The molecule has 0 aliphatic carbocycles. The highest BCUT2D eigenvalue weighted by atomic mass is 79.9. The van der Waals surface area contributed by atoms with Gasteiger partial charge in [0, 0.05) is 15.9 Å². The van der Waals surface area contributed by atoms with Crippen molar-refractivity contribution < 1.29 is 9.39 Å². The van der Waals surface area contributed by atoms with Gasteiger partial charge < -0.3 is 0 Å². The average Bonchev–Trinajstić information content (AvgIpc) is 3.29. The molecule has 0 saturated heterocycles. The SMILES string of the molecule is C[N+]1(NC(=O)C2=NN(c3ccc(Cl)cc3Cl)C(c3ccc(Br)cc3)C2)C=CC=C1. The number of rotatable bonds is 4. The zero-order chi connectivity index (χ0) is 20.6. The molecule has 5 nitrogen and oxygen atoms in total. The van der Waals surface area contributed by atoms with Crippen LogP contribution in [0.5, 0.6) is 0 Å². The number of nitrogens with zero attached hydrogens (tertiary/aromatic N) is 3. The summed E-state index contributed by atoms with van der Waals surface area (Å²) in [7, 11) is 1.88. The third kappa shape index (κ3) is 4.26. The molecule has 1 unspecified atom stereocenters. The highest BCUT2D eigenvalue weighted by Crippen LogP contribution is 2.40. The van der Waals surface area contributed by atoms with E-state index in [0.29, 0.717) is 27.9 Å². The Morgan fingerprint density at radius 1 is 1.17 bits per heavy atom. The first-order chi connectivity index (χ1) is 13.8. The third-order valence-electron chi connectivity index (χ3n) is 4.83. The minimum absolute atomic E-state index is 0.155. The van der Waals surface area contributed by atoms with Gasteiger partial charge in [-0.05, 0) is 48.0 Å². The van der Waals surface area contributed by atoms with Gasteiger partial charge in [-0.2, -0.15) is 15.1 Å². The second-order valence-corrected chi connectivity index (χ2v) is 8.79. The molecule has 1 atom stereocenters. The van der Waals surface area contributed by atoms with Crippen molar-refractivity contribution in [3.8, 4) is 0 Å². The highest BCUT2D eigenvalue weighted by molar-refractivity contribution is 9.10. The zero-order valence-corrected chi connectivity index (χ0v) is 18.6. The minimum atomic E-state index is -0.224. The van der Waals surface area contributed by atoms with Crippen molar-refractivity contribution in [2.75, 3.05) is 12.1 Å². The smallest absolute Gasteiger partial charge is 0.263 e. The summed E-state index contributed by atoms with van der Waals surface area (Å²) in [6.07, 6.45) is 8.00. The molecule has 0 saturated carbocycles. The molecule has 148 valence electrons. The molecule has 0 radical (unpaired) electrons. The Morgan fingerprint density at radius 2 is 1.86 bits per heavy atom. The number of anilines is 1. The number of amides is 1. The average molecular weight is 493 g/mol. The van der Waals surface area contributed by atoms with Gasteiger partial charge in [0.2, 0.25) is 0 Å². The Morgan fingerprint density at radius 3 is 2.52 bits per heavy atom. The second kappa shape index (κ2) is 7.95. The number of carbonyl (C=O) groups is 1. The van der Waals surface area contributed by atoms with Crippen LogP contribution in [0.1, 0.15) is 18.0 Å². The summed E-state index contributed by atoms with van der Waals surface area (Å²) in [4.78, 5) is 12.9. The first-order valence-corrected chi connectivity index (χ1v) is 10.5. The maximum Gasteiger partial charge on any atom is 0.312 e. The number of nitrogens with one attached hydrogen (secondary N) is 1. The normalized spacial score (nSPS) is 19.5. The first kappa shape index (κ1) is 20.2. The predicted molar refractivity (Wildman–Crippen MR) is 120 cm³/mol. The monoisotopic (exact) mass is 491 g/mol. The molecule has 2 aliphatic heterocycles. The quantitative estimate of drug-likeness (QED) is 0.566. The summed E-state index contributed by atoms with van der Waals surface area (Å²) in [6, 6.07) is 13.1. The fraction of sp³-hybridized carbons (Fsp3) is 0.143. The summed E-state index contributed by atoms with van der Waals surface area (Å²) in [5, 5.41) is 7.47. The van der Waals surface area contributed by atoms with E-state index in [4.69, 9.17) is 23.2 Å². The van der Waals surface area contributed by atoms with E-state index in [2.05, 4.69) is 26.5 Å². The Labute approximate surface area is 187 Å². The fourth-order valence-corrected chi connectivity index (χ4v) is 4.11. The van der Waals surface area contributed by atoms with Crippen molar-refractivity contribution in [3.63, 3.8) is 0 Å². The molecular formula is C21H18BrCl2N4O+. The van der Waals surface area contributed by atoms with Crippen LogP contribution >= 0.6 is 39.1 Å². The predicted octanol–water partition coefficient (Wildman–Crippen LogP) is 5.58. The van der Waals surface area contributed by atoms with E-state index in [-0.39, 0.29) is 16.5 Å². The lowest BCUT2D eigenvalue weighted by Gasteiger charge is -2.25. The molecule has 4 rings (SSSR count). The van der Waals surface area contributed by atoms with Crippen LogP contribution in [0.25, 0.3) is 0 Å². The van der Waals surface area contributed by atoms with E-state index in [1.54, 1.807) is 17.1 Å². The van der Waals surface area contributed by atoms with Crippen molar-refractivity contribution in [1.29, 1.82) is 0 Å². The van der Waals surface area contributed by atoms with Gasteiger partial charge in [-0.3, -0.25) is 9.80 Å². The van der Waals surface area contributed by atoms with Gasteiger partial charge in [0.05, 0.1) is 16.8 Å². The number of hydrogen-bond acceptors (Lipinski definition) is 3. The summed E-state index contributed by atoms with van der Waals surface area (Å²) in [5.41, 5.74) is 5.16. The van der Waals surface area contributed by atoms with Crippen molar-refractivity contribution >= 4 is 56.4 Å². The van der Waals surface area contributed by atoms with E-state index in [1.807, 2.05) is 61.9 Å². The topological polar surface area (TPSA) is 44.7 Å². The molecule has 2 aromatic carbocycles. The van der Waals surface area contributed by atoms with Gasteiger partial charge in [-0.15, -0.1) is 0 Å². The first-order valence-electron chi connectivity index (χ1n) is 8.97. The number of hydrazone groups is 1. The van der Waals surface area contributed by atoms with Gasteiger partial charge >= 0.3 is 5.91 Å². The van der Waals surface area contributed by atoms with Gasteiger partial charge in [0.25, 0.3) is 0 Å². The van der Waals surface area contributed by atoms with Gasteiger partial charge in [0.1, 0.15) is 25.2 Å². The Bertz CT molecular complexity index is 1040. The Hall–Kier alpha value is -2.12. The van der Waals surface area contributed by atoms with Crippen LogP contribution in [0, 0.1) is 0 Å². The van der Waals surface area contributed by atoms with Crippen LogP contribution < -0.4 is 10.4 Å². The van der Waals surface area contributed by atoms with Gasteiger partial charge in [-0.1, -0.05) is 51.3 Å². The molecule has 29 heavy (non-hydrogen) atoms. The van der Waals surface area contributed by atoms with E-state index in [0.717, 1.165) is 10.0 Å². The number of carbonyl (C=O) groups excluding carboxylic acids is 1. The lowest BCUT2D eigenvalue weighted by molar-refractivity contribution is -0.841. The van der Waals surface area contributed by atoms with Crippen LogP contribution in [-0.2, 0) is 4.79 Å². The third-order valence-corrected chi connectivity index (χ3v) is 5.90. The van der Waals surface area contributed by atoms with E-state index in [9.17, 15) is 4.79 Å². The standard InChI is InChI=1S/C21H17BrCl2N4O/c1-28(10-2-3-11-28)26-21(29)18-13-20(14-4-6-15(22)7-5-14)27(25-18)19-9-8-16(23)12-17(19)24/h2-12,20H,13H2,1H3/p+1. The second-order valence-electron chi connectivity index (χ2n) is 7.03. The van der Waals surface area contributed by atoms with Crippen LogP contribution in [0.4, 0.5) is 5.69 Å². The molecule has 8 heteroatoms. The van der Waals surface area contributed by atoms with Crippen molar-refractivity contribution in [1.82, 2.24) is 5.43 Å². The van der Waals surface area contributed by atoms with E-state index in [1.165, 1.54) is 0 Å². The summed E-state index contributed by atoms with van der Waals surface area (Å²) >= 11 is 16.0. The van der Waals surface area contributed by atoms with Crippen molar-refractivity contribution in [2.24, 2.45) is 5.10 Å². The lowest BCUT2D eigenvalue weighted by Crippen LogP contribution is -2.50. The molecule has 1 N–H and O–H groups in total. The Kier molecular flexibility index (Phi) is 5.53. The van der Waals surface area contributed by atoms with Gasteiger partial charge in [-0.25, -0.2) is 0 Å². The summed E-state index contributed by atoms with van der Waals surface area (Å²) in [5.74, 6) is -0.224. The van der Waals surface area contributed by atoms with E-state index < -0.39 is 0 Å². The lowest BCUT2D eigenvalue weighted by atomic mass is 10.0.